The van der Waals surface area contributed by atoms with Gasteiger partial charge in [-0.2, -0.15) is 26.3 Å². The molecule has 1 aliphatic carbocycles. The number of anilines is 3. The number of rotatable bonds is 9. The van der Waals surface area contributed by atoms with Crippen molar-refractivity contribution in [2.75, 3.05) is 29.9 Å². The monoisotopic (exact) mass is 752 g/mol. The minimum atomic E-state index is -4.77. The maximum atomic E-state index is 14.3. The van der Waals surface area contributed by atoms with Gasteiger partial charge in [0.25, 0.3) is 5.91 Å². The molecule has 2 amide bonds. The van der Waals surface area contributed by atoms with Crippen LogP contribution in [0, 0.1) is 17.3 Å². The average Bonchev–Trinajstić information content (AvgIpc) is 3.61. The van der Waals surface area contributed by atoms with Gasteiger partial charge < -0.3 is 25.4 Å². The van der Waals surface area contributed by atoms with Crippen molar-refractivity contribution in [1.29, 1.82) is 0 Å². The number of carbonyl (C=O) groups is 2. The van der Waals surface area contributed by atoms with Gasteiger partial charge in [-0.05, 0) is 75.6 Å². The maximum absolute atomic E-state index is 14.3. The molecule has 3 N–H and O–H groups in total. The summed E-state index contributed by atoms with van der Waals surface area (Å²) in [6.45, 7) is 1.87. The molecular weight excluding hydrogens is 716 g/mol. The molecule has 8 nitrogen and oxygen atoms in total. The first-order valence-electron chi connectivity index (χ1n) is 16.1. The summed E-state index contributed by atoms with van der Waals surface area (Å²) in [7, 11) is 1.69. The fourth-order valence-electron chi connectivity index (χ4n) is 6.23. The Morgan fingerprint density at radius 1 is 0.980 bits per heavy atom. The van der Waals surface area contributed by atoms with Crippen LogP contribution in [0.1, 0.15) is 61.9 Å². The van der Waals surface area contributed by atoms with Crippen molar-refractivity contribution in [2.24, 2.45) is 24.3 Å². The number of halogens is 9. The number of carbonyl (C=O) groups excluding carboxylic acids is 2. The van der Waals surface area contributed by atoms with Crippen LogP contribution in [0.25, 0.3) is 11.0 Å². The van der Waals surface area contributed by atoms with E-state index in [9.17, 15) is 40.3 Å². The van der Waals surface area contributed by atoms with E-state index >= 15 is 0 Å². The van der Waals surface area contributed by atoms with E-state index < -0.39 is 41.7 Å². The highest BCUT2D eigenvalue weighted by Gasteiger charge is 2.52. The van der Waals surface area contributed by atoms with Crippen molar-refractivity contribution >= 4 is 63.4 Å². The average molecular weight is 754 g/mol. The molecule has 2 aliphatic rings. The summed E-state index contributed by atoms with van der Waals surface area (Å²) in [5.74, 6) is -2.90. The molecule has 2 fully saturated rings. The molecule has 1 aromatic heterocycles. The Morgan fingerprint density at radius 3 is 2.26 bits per heavy atom. The van der Waals surface area contributed by atoms with Crippen LogP contribution in [-0.2, 0) is 18.4 Å². The lowest BCUT2D eigenvalue weighted by Crippen LogP contribution is -2.46. The van der Waals surface area contributed by atoms with Gasteiger partial charge in [0, 0.05) is 33.2 Å². The van der Waals surface area contributed by atoms with Crippen LogP contribution < -0.4 is 20.9 Å². The number of aryl methyl sites for hydroxylation is 1. The number of nitrogens with zero attached hydrogens (tertiary/aromatic N) is 3. The Hall–Kier alpha value is -3.46. The van der Waals surface area contributed by atoms with E-state index in [0.717, 1.165) is 13.8 Å². The van der Waals surface area contributed by atoms with Crippen molar-refractivity contribution in [3.63, 3.8) is 0 Å². The first kappa shape index (κ1) is 37.8. The van der Waals surface area contributed by atoms with Crippen LogP contribution in [0.5, 0.6) is 0 Å². The lowest BCUT2D eigenvalue weighted by Gasteiger charge is -2.30. The zero-order valence-corrected chi connectivity index (χ0v) is 29.0. The molecule has 3 aromatic rings. The van der Waals surface area contributed by atoms with Gasteiger partial charge >= 0.3 is 12.4 Å². The third-order valence-electron chi connectivity index (χ3n) is 9.70. The summed E-state index contributed by atoms with van der Waals surface area (Å²) in [6, 6.07) is 6.21. The van der Waals surface area contributed by atoms with Crippen molar-refractivity contribution < 1.29 is 40.3 Å². The number of amides is 2. The molecule has 5 rings (SSSR count). The minimum absolute atomic E-state index is 0.0123. The molecule has 0 radical (unpaired) electrons. The van der Waals surface area contributed by atoms with E-state index in [4.69, 9.17) is 23.2 Å². The van der Waals surface area contributed by atoms with Crippen LogP contribution in [-0.4, -0.2) is 59.5 Å². The first-order valence-corrected chi connectivity index (χ1v) is 16.9. The fraction of sp³-hybridized carbons (Fsp3) is 0.545. The van der Waals surface area contributed by atoms with Gasteiger partial charge in [0.15, 0.2) is 0 Å². The number of alkyl halides is 7. The van der Waals surface area contributed by atoms with E-state index in [1.165, 1.54) is 12.1 Å². The van der Waals surface area contributed by atoms with E-state index in [1.54, 1.807) is 28.6 Å². The third kappa shape index (κ3) is 7.88. The summed E-state index contributed by atoms with van der Waals surface area (Å²) in [4.78, 5) is 32.3. The highest BCUT2D eigenvalue weighted by atomic mass is 35.5. The van der Waals surface area contributed by atoms with Crippen LogP contribution in [0.4, 0.5) is 48.1 Å². The van der Waals surface area contributed by atoms with E-state index in [-0.39, 0.29) is 77.6 Å². The van der Waals surface area contributed by atoms with Gasteiger partial charge in [-0.15, -0.1) is 0 Å². The number of aromatic nitrogens is 2. The quantitative estimate of drug-likeness (QED) is 0.191. The Kier molecular flexibility index (Phi) is 10.8. The Labute approximate surface area is 294 Å². The van der Waals surface area contributed by atoms with Crippen molar-refractivity contribution in [1.82, 2.24) is 20.2 Å². The topological polar surface area (TPSA) is 91.3 Å². The van der Waals surface area contributed by atoms with E-state index in [0.29, 0.717) is 36.1 Å². The molecule has 50 heavy (non-hydrogen) atoms. The summed E-state index contributed by atoms with van der Waals surface area (Å²) < 4.78 is 95.3. The second-order valence-corrected chi connectivity index (χ2v) is 14.3. The molecule has 1 atom stereocenters. The maximum Gasteiger partial charge on any atom is 0.402 e. The summed E-state index contributed by atoms with van der Waals surface area (Å²) in [5.41, 5.74) is -0.520. The van der Waals surface area contributed by atoms with Crippen molar-refractivity contribution in [2.45, 2.75) is 71.0 Å². The highest BCUT2D eigenvalue weighted by molar-refractivity contribution is 6.39. The fourth-order valence-corrected chi connectivity index (χ4v) is 6.76. The number of fused-ring (bicyclic) bond motifs is 1. The molecule has 17 heteroatoms. The molecule has 0 bridgehead atoms. The SMILES string of the molecule is Cn1c(Nc2c(Cl)ccc(CNC(=O)C(C)(C)C(F)(F)F)c2Cl)nc2cc(C(=O)NCC3CCC(C(F)(F)F)CC3)c(N3CC[C@@H](F)C3)cc21. The van der Waals surface area contributed by atoms with Gasteiger partial charge in [0.2, 0.25) is 11.9 Å². The smallest absolute Gasteiger partial charge is 0.368 e. The van der Waals surface area contributed by atoms with Gasteiger partial charge in [0.1, 0.15) is 11.6 Å². The predicted molar refractivity (Wildman–Crippen MR) is 178 cm³/mol. The number of hydrogen-bond acceptors (Lipinski definition) is 5. The number of hydrogen-bond donors (Lipinski definition) is 3. The molecule has 274 valence electrons. The van der Waals surface area contributed by atoms with Gasteiger partial charge in [0.05, 0.1) is 43.9 Å². The van der Waals surface area contributed by atoms with Crippen molar-refractivity contribution in [3.05, 3.63) is 45.4 Å². The predicted octanol–water partition coefficient (Wildman–Crippen LogP) is 8.48. The zero-order valence-electron chi connectivity index (χ0n) is 27.5. The second-order valence-electron chi connectivity index (χ2n) is 13.5. The molecule has 0 unspecified atom stereocenters. The normalized spacial score (nSPS) is 20.3. The van der Waals surface area contributed by atoms with Crippen LogP contribution in [0.2, 0.25) is 10.0 Å². The second kappa shape index (κ2) is 14.3. The van der Waals surface area contributed by atoms with Crippen LogP contribution in [0.3, 0.4) is 0 Å². The minimum Gasteiger partial charge on any atom is -0.368 e. The van der Waals surface area contributed by atoms with Gasteiger partial charge in [-0.25, -0.2) is 9.37 Å². The largest absolute Gasteiger partial charge is 0.402 e. The van der Waals surface area contributed by atoms with E-state index in [1.807, 2.05) is 0 Å². The lowest BCUT2D eigenvalue weighted by atomic mass is 9.81. The molecular formula is C33H37Cl2F7N6O2. The Bertz CT molecular complexity index is 1750. The summed E-state index contributed by atoms with van der Waals surface area (Å²) >= 11 is 13.1. The number of imidazole rings is 1. The lowest BCUT2D eigenvalue weighted by molar-refractivity contribution is -0.211. The molecule has 0 spiro atoms. The molecule has 1 aliphatic heterocycles. The first-order chi connectivity index (χ1) is 23.3. The van der Waals surface area contributed by atoms with Gasteiger partial charge in [-0.1, -0.05) is 29.3 Å². The molecule has 2 aromatic carbocycles. The van der Waals surface area contributed by atoms with Crippen LogP contribution >= 0.6 is 23.2 Å². The Morgan fingerprint density at radius 2 is 1.66 bits per heavy atom. The van der Waals surface area contributed by atoms with Crippen LogP contribution in [0.15, 0.2) is 24.3 Å². The molecule has 1 saturated carbocycles. The summed E-state index contributed by atoms with van der Waals surface area (Å²) in [5, 5.41) is 8.37. The third-order valence-corrected chi connectivity index (χ3v) is 10.4. The van der Waals surface area contributed by atoms with Gasteiger partial charge in [-0.3, -0.25) is 9.59 Å². The highest BCUT2D eigenvalue weighted by Crippen LogP contribution is 2.41. The zero-order chi connectivity index (χ0) is 36.8. The Balaban J connectivity index is 1.38. The van der Waals surface area contributed by atoms with E-state index in [2.05, 4.69) is 20.9 Å². The summed E-state index contributed by atoms with van der Waals surface area (Å²) in [6.07, 6.45) is -9.10. The molecule has 1 saturated heterocycles. The van der Waals surface area contributed by atoms with Crippen molar-refractivity contribution in [3.8, 4) is 0 Å². The number of nitrogens with one attached hydrogen (secondary N) is 3. The number of benzene rings is 2. The standard InChI is InChI=1S/C33H37Cl2F7N6O2/c1-31(2,33(40,41)42)29(50)44-15-18-6-9-22(34)27(26(18)35)46-30-45-23-12-21(24(13-25(23)47(30)3)48-11-10-20(36)16-48)28(49)43-14-17-4-7-19(8-5-17)32(37,38)39/h6,9,12-13,17,19-20H,4-5,7-8,10-11,14-16H2,1-3H3,(H,43,49)(H,44,50)(H,45,46)/t17?,19?,20-/m1/s1. The molecule has 2 heterocycles.